The van der Waals surface area contributed by atoms with Crippen molar-refractivity contribution in [1.82, 2.24) is 5.32 Å². The van der Waals surface area contributed by atoms with Crippen LogP contribution in [0.4, 0.5) is 0 Å². The Balaban J connectivity index is 4.08. The third-order valence-electron chi connectivity index (χ3n) is 15.5. The second kappa shape index (κ2) is 60.1. The van der Waals surface area contributed by atoms with Gasteiger partial charge in [0.15, 0.2) is 0 Å². The molecule has 0 aromatic carbocycles. The smallest absolute Gasteiger partial charge is 0.387 e. The first-order valence-electron chi connectivity index (χ1n) is 34.0. The molecular formula is C69H134N2O6P+. The fraction of sp³-hybridized carbons (Fsp3) is 0.870. The van der Waals surface area contributed by atoms with Crippen molar-refractivity contribution in [2.24, 2.45) is 0 Å². The van der Waals surface area contributed by atoms with E-state index in [0.717, 1.165) is 44.9 Å². The number of hydrogen-bond acceptors (Lipinski definition) is 5. The topological polar surface area (TPSA) is 105 Å². The Kier molecular flexibility index (Phi) is 58.9. The van der Waals surface area contributed by atoms with Crippen molar-refractivity contribution in [3.05, 3.63) is 48.6 Å². The van der Waals surface area contributed by atoms with E-state index in [1.165, 1.54) is 270 Å². The number of aliphatic hydroxyl groups is 1. The Labute approximate surface area is 486 Å². The predicted molar refractivity (Wildman–Crippen MR) is 341 cm³/mol. The minimum Gasteiger partial charge on any atom is -0.387 e. The molecular weight excluding hydrogens is 984 g/mol. The van der Waals surface area contributed by atoms with Crippen molar-refractivity contribution in [3.63, 3.8) is 0 Å². The molecule has 460 valence electrons. The number of unbranched alkanes of at least 4 members (excludes halogenated alkanes) is 44. The monoisotopic (exact) mass is 1120 g/mol. The van der Waals surface area contributed by atoms with Gasteiger partial charge in [0, 0.05) is 6.42 Å². The molecule has 0 bridgehead atoms. The Hall–Kier alpha value is -1.54. The zero-order chi connectivity index (χ0) is 57.0. The number of hydrogen-bond donors (Lipinski definition) is 3. The first kappa shape index (κ1) is 76.5. The lowest BCUT2D eigenvalue weighted by atomic mass is 10.0. The molecule has 78 heavy (non-hydrogen) atoms. The average molecular weight is 1120 g/mol. The number of allylic oxidation sites excluding steroid dienone is 7. The van der Waals surface area contributed by atoms with Crippen LogP contribution in [0.1, 0.15) is 335 Å². The van der Waals surface area contributed by atoms with Crippen LogP contribution in [0.2, 0.25) is 0 Å². The Morgan fingerprint density at radius 3 is 1.03 bits per heavy atom. The summed E-state index contributed by atoms with van der Waals surface area (Å²) in [5.74, 6) is -0.185. The average Bonchev–Trinajstić information content (AvgIpc) is 3.41. The maximum atomic E-state index is 13.0. The zero-order valence-electron chi connectivity index (χ0n) is 52.7. The van der Waals surface area contributed by atoms with Gasteiger partial charge in [-0.2, -0.15) is 0 Å². The third kappa shape index (κ3) is 62.1. The molecule has 0 aromatic heterocycles. The number of rotatable bonds is 63. The van der Waals surface area contributed by atoms with E-state index in [1.54, 1.807) is 6.08 Å². The molecule has 3 unspecified atom stereocenters. The molecule has 0 aliphatic carbocycles. The Bertz CT molecular complexity index is 1410. The van der Waals surface area contributed by atoms with E-state index in [-0.39, 0.29) is 19.1 Å². The Morgan fingerprint density at radius 2 is 0.705 bits per heavy atom. The molecule has 0 rings (SSSR count). The number of carbonyl (C=O) groups excluding carboxylic acids is 1. The number of quaternary nitrogens is 1. The molecule has 0 saturated heterocycles. The van der Waals surface area contributed by atoms with Crippen LogP contribution in [-0.2, 0) is 18.4 Å². The molecule has 1 amide bonds. The minimum atomic E-state index is -4.36. The predicted octanol–water partition coefficient (Wildman–Crippen LogP) is 21.4. The van der Waals surface area contributed by atoms with Crippen LogP contribution in [-0.4, -0.2) is 73.4 Å². The highest BCUT2D eigenvalue weighted by molar-refractivity contribution is 7.47. The number of nitrogens with zero attached hydrogens (tertiary/aromatic N) is 1. The summed E-state index contributed by atoms with van der Waals surface area (Å²) < 4.78 is 23.8. The lowest BCUT2D eigenvalue weighted by Crippen LogP contribution is -2.45. The number of aliphatic hydroxyl groups excluding tert-OH is 1. The molecule has 0 aromatic rings. The van der Waals surface area contributed by atoms with E-state index in [9.17, 15) is 19.4 Å². The first-order valence-corrected chi connectivity index (χ1v) is 35.5. The van der Waals surface area contributed by atoms with Crippen molar-refractivity contribution in [1.29, 1.82) is 0 Å². The SMILES string of the molecule is CCCCCCCCCC/C=C\CCCCCCCCCCCCCCCCCCCCCCCC(=O)NC(COP(=O)(O)OCC[N+](C)(C)C)C(O)/C=C/CC/C=C/CC/C=C/CCCCCCCCCCCCCCC. The van der Waals surface area contributed by atoms with E-state index < -0.39 is 20.0 Å². The summed E-state index contributed by atoms with van der Waals surface area (Å²) in [7, 11) is 1.56. The van der Waals surface area contributed by atoms with Gasteiger partial charge in [-0.3, -0.25) is 13.8 Å². The van der Waals surface area contributed by atoms with Gasteiger partial charge in [0.05, 0.1) is 39.9 Å². The molecule has 9 heteroatoms. The number of likely N-dealkylation sites (N-methyl/N-ethyl adjacent to an activating group) is 1. The minimum absolute atomic E-state index is 0.0544. The zero-order valence-corrected chi connectivity index (χ0v) is 53.6. The van der Waals surface area contributed by atoms with E-state index in [1.807, 2.05) is 27.2 Å². The third-order valence-corrected chi connectivity index (χ3v) is 16.5. The normalized spacial score (nSPS) is 14.0. The standard InChI is InChI=1S/C69H133N2O6P/c1-6-8-10-12-14-16-18-20-22-24-26-28-30-31-32-33-34-35-36-37-38-39-41-43-45-47-49-51-53-55-57-59-61-63-69(73)70-67(66-77-78(74,75)76-65-64-71(3,4)5)68(72)62-60-58-56-54-52-50-48-46-44-42-40-29-27-25-23-21-19-17-15-13-11-9-7-2/h24,26,44,46,52,54,60,62,67-68,72H,6-23,25,27-43,45,47-51,53,55-59,61,63-66H2,1-5H3,(H-,70,73,74,75)/p+1/b26-24-,46-44+,54-52+,62-60+. The fourth-order valence-electron chi connectivity index (χ4n) is 10.2. The van der Waals surface area contributed by atoms with Crippen molar-refractivity contribution in [3.8, 4) is 0 Å². The van der Waals surface area contributed by atoms with Crippen LogP contribution in [0.5, 0.6) is 0 Å². The largest absolute Gasteiger partial charge is 0.472 e. The van der Waals surface area contributed by atoms with E-state index in [4.69, 9.17) is 9.05 Å². The van der Waals surface area contributed by atoms with Gasteiger partial charge >= 0.3 is 7.82 Å². The summed E-state index contributed by atoms with van der Waals surface area (Å²) in [5, 5.41) is 14.0. The summed E-state index contributed by atoms with van der Waals surface area (Å²) in [6.07, 6.45) is 81.2. The Morgan fingerprint density at radius 1 is 0.423 bits per heavy atom. The van der Waals surface area contributed by atoms with Gasteiger partial charge in [-0.25, -0.2) is 4.57 Å². The van der Waals surface area contributed by atoms with Gasteiger partial charge in [0.1, 0.15) is 13.2 Å². The van der Waals surface area contributed by atoms with Gasteiger partial charge in [0.2, 0.25) is 5.91 Å². The summed E-state index contributed by atoms with van der Waals surface area (Å²) >= 11 is 0. The number of amides is 1. The fourth-order valence-corrected chi connectivity index (χ4v) is 10.9. The van der Waals surface area contributed by atoms with E-state index in [0.29, 0.717) is 17.4 Å². The van der Waals surface area contributed by atoms with Crippen molar-refractivity contribution in [2.45, 2.75) is 347 Å². The highest BCUT2D eigenvalue weighted by Crippen LogP contribution is 2.43. The molecule has 0 heterocycles. The van der Waals surface area contributed by atoms with Crippen molar-refractivity contribution < 1.29 is 32.9 Å². The van der Waals surface area contributed by atoms with Crippen molar-refractivity contribution in [2.75, 3.05) is 40.9 Å². The van der Waals surface area contributed by atoms with Crippen molar-refractivity contribution >= 4 is 13.7 Å². The molecule has 0 radical (unpaired) electrons. The molecule has 0 spiro atoms. The molecule has 0 saturated carbocycles. The molecule has 3 atom stereocenters. The molecule has 0 aliphatic heterocycles. The number of phosphoric ester groups is 1. The highest BCUT2D eigenvalue weighted by Gasteiger charge is 2.28. The summed E-state index contributed by atoms with van der Waals surface area (Å²) in [6.45, 7) is 4.83. The second-order valence-corrected chi connectivity index (χ2v) is 26.0. The molecule has 8 nitrogen and oxygen atoms in total. The van der Waals surface area contributed by atoms with Crippen LogP contribution in [0.15, 0.2) is 48.6 Å². The second-order valence-electron chi connectivity index (χ2n) is 24.5. The lowest BCUT2D eigenvalue weighted by molar-refractivity contribution is -0.870. The number of carbonyl (C=O) groups is 1. The lowest BCUT2D eigenvalue weighted by Gasteiger charge is -2.25. The van der Waals surface area contributed by atoms with Gasteiger partial charge in [-0.15, -0.1) is 0 Å². The van der Waals surface area contributed by atoms with Crippen LogP contribution >= 0.6 is 7.82 Å². The van der Waals surface area contributed by atoms with Crippen LogP contribution in [0, 0.1) is 0 Å². The molecule has 3 N–H and O–H groups in total. The van der Waals surface area contributed by atoms with Crippen LogP contribution in [0.25, 0.3) is 0 Å². The van der Waals surface area contributed by atoms with E-state index >= 15 is 0 Å². The van der Waals surface area contributed by atoms with Gasteiger partial charge in [-0.1, -0.05) is 306 Å². The van der Waals surface area contributed by atoms with Crippen LogP contribution in [0.3, 0.4) is 0 Å². The summed E-state index contributed by atoms with van der Waals surface area (Å²) in [6, 6.07) is -0.870. The summed E-state index contributed by atoms with van der Waals surface area (Å²) in [4.78, 5) is 23.4. The maximum absolute atomic E-state index is 13.0. The van der Waals surface area contributed by atoms with E-state index in [2.05, 4.69) is 55.6 Å². The first-order chi connectivity index (χ1) is 38.0. The molecule has 0 fully saturated rings. The van der Waals surface area contributed by atoms with Gasteiger partial charge in [0.25, 0.3) is 0 Å². The summed E-state index contributed by atoms with van der Waals surface area (Å²) in [5.41, 5.74) is 0. The van der Waals surface area contributed by atoms with Crippen LogP contribution < -0.4 is 5.32 Å². The van der Waals surface area contributed by atoms with Gasteiger partial charge in [-0.05, 0) is 70.6 Å². The maximum Gasteiger partial charge on any atom is 0.472 e. The number of phosphoric acid groups is 1. The highest BCUT2D eigenvalue weighted by atomic mass is 31.2. The number of nitrogens with one attached hydrogen (secondary N) is 1. The quantitative estimate of drug-likeness (QED) is 0.0243. The van der Waals surface area contributed by atoms with Gasteiger partial charge < -0.3 is 19.8 Å². The molecule has 0 aliphatic rings.